The van der Waals surface area contributed by atoms with Gasteiger partial charge in [0.15, 0.2) is 0 Å². The molecule has 90 valence electrons. The molecule has 1 aromatic carbocycles. The molecule has 2 aromatic rings. The first-order chi connectivity index (χ1) is 8.02. The number of benzene rings is 1. The molecule has 17 heavy (non-hydrogen) atoms. The molecule has 4 heteroatoms. The van der Waals surface area contributed by atoms with Crippen molar-refractivity contribution in [3.8, 4) is 0 Å². The summed E-state index contributed by atoms with van der Waals surface area (Å²) in [5.74, 6) is 5.98. The number of pyridine rings is 1. The zero-order chi connectivity index (χ0) is 12.6. The molecule has 0 saturated heterocycles. The van der Waals surface area contributed by atoms with Gasteiger partial charge in [-0.3, -0.25) is 10.8 Å². The third kappa shape index (κ3) is 2.28. The minimum Gasteiger partial charge on any atom is -0.323 e. The van der Waals surface area contributed by atoms with Gasteiger partial charge in [0, 0.05) is 15.6 Å². The Balaban J connectivity index is 2.82. The third-order valence-corrected chi connectivity index (χ3v) is 3.29. The average Bonchev–Trinajstić information content (AvgIpc) is 2.27. The summed E-state index contributed by atoms with van der Waals surface area (Å²) in [6.07, 6.45) is 0. The molecule has 0 aliphatic carbocycles. The summed E-state index contributed by atoms with van der Waals surface area (Å²) in [6, 6.07) is 6.12. The van der Waals surface area contributed by atoms with Gasteiger partial charge in [-0.2, -0.15) is 0 Å². The van der Waals surface area contributed by atoms with Crippen molar-refractivity contribution in [2.24, 2.45) is 5.84 Å². The van der Waals surface area contributed by atoms with Crippen LogP contribution in [0, 0.1) is 6.92 Å². The molecule has 0 bridgehead atoms. The lowest BCUT2D eigenvalue weighted by Gasteiger charge is -2.13. The highest BCUT2D eigenvalue weighted by atomic mass is 79.9. The Kier molecular flexibility index (Phi) is 3.35. The highest BCUT2D eigenvalue weighted by Gasteiger charge is 2.10. The molecule has 0 radical (unpaired) electrons. The maximum Gasteiger partial charge on any atom is 0.0756 e. The van der Waals surface area contributed by atoms with E-state index in [-0.39, 0.29) is 0 Å². The van der Waals surface area contributed by atoms with E-state index < -0.39 is 0 Å². The van der Waals surface area contributed by atoms with E-state index in [1.54, 1.807) is 0 Å². The number of rotatable bonds is 2. The summed E-state index contributed by atoms with van der Waals surface area (Å²) in [5, 5.41) is 1.05. The zero-order valence-corrected chi connectivity index (χ0v) is 11.8. The van der Waals surface area contributed by atoms with Crippen LogP contribution in [0.1, 0.15) is 31.0 Å². The Labute approximate surface area is 110 Å². The lowest BCUT2D eigenvalue weighted by Crippen LogP contribution is -2.09. The maximum atomic E-state index is 5.59. The van der Waals surface area contributed by atoms with Gasteiger partial charge < -0.3 is 5.43 Å². The Bertz CT molecular complexity index is 564. The van der Waals surface area contributed by atoms with Crippen LogP contribution in [0.25, 0.3) is 10.9 Å². The molecule has 1 heterocycles. The smallest absolute Gasteiger partial charge is 0.0756 e. The van der Waals surface area contributed by atoms with Gasteiger partial charge in [-0.15, -0.1) is 0 Å². The van der Waals surface area contributed by atoms with Crippen molar-refractivity contribution in [1.29, 1.82) is 0 Å². The second kappa shape index (κ2) is 4.63. The molecule has 1 aromatic heterocycles. The van der Waals surface area contributed by atoms with E-state index in [0.29, 0.717) is 5.92 Å². The van der Waals surface area contributed by atoms with Crippen molar-refractivity contribution in [1.82, 2.24) is 4.98 Å². The quantitative estimate of drug-likeness (QED) is 0.655. The van der Waals surface area contributed by atoms with E-state index in [1.165, 1.54) is 0 Å². The maximum absolute atomic E-state index is 5.59. The average molecular weight is 294 g/mol. The fourth-order valence-corrected chi connectivity index (χ4v) is 2.46. The number of nitrogens with one attached hydrogen (secondary N) is 1. The normalized spacial score (nSPS) is 11.2. The van der Waals surface area contributed by atoms with Crippen molar-refractivity contribution >= 4 is 32.5 Å². The zero-order valence-electron chi connectivity index (χ0n) is 10.2. The van der Waals surface area contributed by atoms with Crippen LogP contribution in [0.2, 0.25) is 0 Å². The van der Waals surface area contributed by atoms with Gasteiger partial charge in [0.1, 0.15) is 0 Å². The SMILES string of the molecule is Cc1cc(Br)cc2c(NN)cc(C(C)C)nc12. The van der Waals surface area contributed by atoms with Crippen LogP contribution < -0.4 is 11.3 Å². The summed E-state index contributed by atoms with van der Waals surface area (Å²) in [4.78, 5) is 4.71. The lowest BCUT2D eigenvalue weighted by atomic mass is 10.0. The predicted octanol–water partition coefficient (Wildman–Crippen LogP) is 3.71. The van der Waals surface area contributed by atoms with Gasteiger partial charge in [0.25, 0.3) is 0 Å². The highest BCUT2D eigenvalue weighted by Crippen LogP contribution is 2.30. The van der Waals surface area contributed by atoms with E-state index in [0.717, 1.165) is 32.3 Å². The number of hydrogen-bond acceptors (Lipinski definition) is 3. The van der Waals surface area contributed by atoms with E-state index in [9.17, 15) is 0 Å². The number of aryl methyl sites for hydroxylation is 1. The van der Waals surface area contributed by atoms with Crippen molar-refractivity contribution in [3.63, 3.8) is 0 Å². The number of nitrogens with zero attached hydrogens (tertiary/aromatic N) is 1. The van der Waals surface area contributed by atoms with Crippen molar-refractivity contribution in [2.45, 2.75) is 26.7 Å². The molecule has 2 rings (SSSR count). The second-order valence-electron chi connectivity index (χ2n) is 4.51. The van der Waals surface area contributed by atoms with Gasteiger partial charge in [-0.1, -0.05) is 29.8 Å². The second-order valence-corrected chi connectivity index (χ2v) is 5.43. The fraction of sp³-hybridized carbons (Fsp3) is 0.308. The van der Waals surface area contributed by atoms with Crippen LogP contribution in [-0.4, -0.2) is 4.98 Å². The Morgan fingerprint density at radius 1 is 1.29 bits per heavy atom. The van der Waals surface area contributed by atoms with Crippen molar-refractivity contribution in [2.75, 3.05) is 5.43 Å². The van der Waals surface area contributed by atoms with Gasteiger partial charge in [-0.05, 0) is 36.6 Å². The summed E-state index contributed by atoms with van der Waals surface area (Å²) >= 11 is 3.50. The molecular weight excluding hydrogens is 278 g/mol. The molecular formula is C13H16BrN3. The molecule has 0 unspecified atom stereocenters. The van der Waals surface area contributed by atoms with Crippen LogP contribution in [-0.2, 0) is 0 Å². The number of hydrazine groups is 1. The Morgan fingerprint density at radius 2 is 2.00 bits per heavy atom. The Morgan fingerprint density at radius 3 is 2.59 bits per heavy atom. The van der Waals surface area contributed by atoms with Crippen molar-refractivity contribution in [3.05, 3.63) is 33.9 Å². The summed E-state index contributed by atoms with van der Waals surface area (Å²) < 4.78 is 1.04. The first-order valence-electron chi connectivity index (χ1n) is 5.60. The van der Waals surface area contributed by atoms with Gasteiger partial charge in [0.05, 0.1) is 11.2 Å². The first kappa shape index (κ1) is 12.3. The molecule has 0 fully saturated rings. The minimum atomic E-state index is 0.384. The standard InChI is InChI=1S/C13H16BrN3/c1-7(2)11-6-12(17-15)10-5-9(14)4-8(3)13(10)16-11/h4-7H,15H2,1-3H3,(H,16,17). The van der Waals surface area contributed by atoms with Crippen LogP contribution in [0.4, 0.5) is 5.69 Å². The highest BCUT2D eigenvalue weighted by molar-refractivity contribution is 9.10. The van der Waals surface area contributed by atoms with Gasteiger partial charge in [0.2, 0.25) is 0 Å². The van der Waals surface area contributed by atoms with Crippen LogP contribution in [0.15, 0.2) is 22.7 Å². The molecule has 0 aliphatic rings. The molecule has 0 atom stereocenters. The van der Waals surface area contributed by atoms with Crippen LogP contribution in [0.3, 0.4) is 0 Å². The third-order valence-electron chi connectivity index (χ3n) is 2.84. The minimum absolute atomic E-state index is 0.384. The largest absolute Gasteiger partial charge is 0.323 e. The van der Waals surface area contributed by atoms with Gasteiger partial charge in [-0.25, -0.2) is 0 Å². The lowest BCUT2D eigenvalue weighted by molar-refractivity contribution is 0.829. The molecule has 3 N–H and O–H groups in total. The van der Waals surface area contributed by atoms with Crippen LogP contribution in [0.5, 0.6) is 0 Å². The number of hydrogen-bond donors (Lipinski definition) is 2. The number of halogens is 1. The summed E-state index contributed by atoms with van der Waals surface area (Å²) in [7, 11) is 0. The van der Waals surface area contributed by atoms with E-state index in [1.807, 2.05) is 12.1 Å². The monoisotopic (exact) mass is 293 g/mol. The number of aromatic nitrogens is 1. The first-order valence-corrected chi connectivity index (χ1v) is 6.39. The summed E-state index contributed by atoms with van der Waals surface area (Å²) in [6.45, 7) is 6.32. The number of anilines is 1. The number of nitrogens with two attached hydrogens (primary N) is 1. The van der Waals surface area contributed by atoms with E-state index in [4.69, 9.17) is 10.8 Å². The Hall–Kier alpha value is -1.13. The molecule has 0 spiro atoms. The molecule has 0 amide bonds. The topological polar surface area (TPSA) is 50.9 Å². The van der Waals surface area contributed by atoms with E-state index in [2.05, 4.69) is 48.2 Å². The van der Waals surface area contributed by atoms with Crippen LogP contribution >= 0.6 is 15.9 Å². The van der Waals surface area contributed by atoms with E-state index >= 15 is 0 Å². The predicted molar refractivity (Wildman–Crippen MR) is 76.1 cm³/mol. The molecule has 0 aliphatic heterocycles. The number of fused-ring (bicyclic) bond motifs is 1. The fourth-order valence-electron chi connectivity index (χ4n) is 1.89. The summed E-state index contributed by atoms with van der Waals surface area (Å²) in [5.41, 5.74) is 6.88. The number of nitrogen functional groups attached to an aromatic ring is 1. The van der Waals surface area contributed by atoms with Gasteiger partial charge >= 0.3 is 0 Å². The van der Waals surface area contributed by atoms with Crippen molar-refractivity contribution < 1.29 is 0 Å². The molecule has 3 nitrogen and oxygen atoms in total. The molecule has 0 saturated carbocycles.